The molecule has 3 heterocycles. The van der Waals surface area contributed by atoms with Crippen LogP contribution in [0.5, 0.6) is 5.75 Å². The number of thiazole rings is 1. The lowest BCUT2D eigenvalue weighted by molar-refractivity contribution is -0.0796. The Hall–Kier alpha value is -2.36. The number of hydrogen-bond acceptors (Lipinski definition) is 8. The Balaban J connectivity index is 1.60. The highest BCUT2D eigenvalue weighted by Crippen LogP contribution is 2.30. The number of aryl methyl sites for hydroxylation is 2. The molecule has 28 heavy (non-hydrogen) atoms. The third-order valence-corrected chi connectivity index (χ3v) is 6.24. The highest BCUT2D eigenvalue weighted by atomic mass is 32.1. The van der Waals surface area contributed by atoms with Crippen molar-refractivity contribution in [2.24, 2.45) is 0 Å². The second kappa shape index (κ2) is 7.94. The van der Waals surface area contributed by atoms with Gasteiger partial charge in [0, 0.05) is 22.2 Å². The molecule has 0 aliphatic carbocycles. The number of amides is 1. The first-order chi connectivity index (χ1) is 13.5. The summed E-state index contributed by atoms with van der Waals surface area (Å²) in [6, 6.07) is 5.30. The zero-order valence-corrected chi connectivity index (χ0v) is 17.4. The second-order valence-electron chi connectivity index (χ2n) is 6.67. The van der Waals surface area contributed by atoms with E-state index in [0.29, 0.717) is 24.5 Å². The first kappa shape index (κ1) is 19.0. The van der Waals surface area contributed by atoms with Crippen LogP contribution in [-0.4, -0.2) is 40.4 Å². The van der Waals surface area contributed by atoms with Crippen molar-refractivity contribution in [3.8, 4) is 16.3 Å². The molecule has 0 bridgehead atoms. The van der Waals surface area contributed by atoms with E-state index in [2.05, 4.69) is 20.5 Å². The lowest BCUT2D eigenvalue weighted by atomic mass is 10.1. The van der Waals surface area contributed by atoms with Crippen molar-refractivity contribution in [3.05, 3.63) is 44.9 Å². The molecule has 1 aromatic carbocycles. The van der Waals surface area contributed by atoms with E-state index in [-0.39, 0.29) is 18.1 Å². The fourth-order valence-electron chi connectivity index (χ4n) is 2.71. The molecule has 7 nitrogen and oxygen atoms in total. The van der Waals surface area contributed by atoms with E-state index >= 15 is 0 Å². The molecule has 146 valence electrons. The molecule has 1 N–H and O–H groups in total. The number of ether oxygens (including phenoxy) is 2. The van der Waals surface area contributed by atoms with Crippen LogP contribution in [0.2, 0.25) is 0 Å². The molecule has 1 atom stereocenters. The summed E-state index contributed by atoms with van der Waals surface area (Å²) >= 11 is 3.02. The molecule has 9 heteroatoms. The minimum Gasteiger partial charge on any atom is -0.486 e. The van der Waals surface area contributed by atoms with Gasteiger partial charge in [0.15, 0.2) is 0 Å². The highest BCUT2D eigenvalue weighted by Gasteiger charge is 2.22. The fourth-order valence-corrected chi connectivity index (χ4v) is 4.20. The Morgan fingerprint density at radius 3 is 2.71 bits per heavy atom. The number of carbonyl (C=O) groups is 1. The van der Waals surface area contributed by atoms with Crippen LogP contribution in [0.15, 0.2) is 23.6 Å². The zero-order chi connectivity index (χ0) is 19.7. The summed E-state index contributed by atoms with van der Waals surface area (Å²) in [4.78, 5) is 17.4. The van der Waals surface area contributed by atoms with Crippen LogP contribution in [0.3, 0.4) is 0 Å². The number of carbonyl (C=O) groups excluding carboxylic acids is 1. The molecule has 0 unspecified atom stereocenters. The van der Waals surface area contributed by atoms with Gasteiger partial charge in [0.2, 0.25) is 0 Å². The van der Waals surface area contributed by atoms with Crippen molar-refractivity contribution < 1.29 is 14.3 Å². The van der Waals surface area contributed by atoms with Gasteiger partial charge in [-0.25, -0.2) is 4.98 Å². The quantitative estimate of drug-likeness (QED) is 0.661. The average molecular weight is 417 g/mol. The summed E-state index contributed by atoms with van der Waals surface area (Å²) < 4.78 is 11.1. The van der Waals surface area contributed by atoms with Gasteiger partial charge < -0.3 is 14.8 Å². The van der Waals surface area contributed by atoms with Crippen LogP contribution in [0.25, 0.3) is 10.6 Å². The number of benzene rings is 1. The summed E-state index contributed by atoms with van der Waals surface area (Å²) in [6.45, 7) is 6.87. The number of nitrogens with one attached hydrogen (secondary N) is 1. The maximum Gasteiger partial charge on any atom is 0.251 e. The number of hydrogen-bond donors (Lipinski definition) is 1. The smallest absolute Gasteiger partial charge is 0.251 e. The summed E-state index contributed by atoms with van der Waals surface area (Å²) in [7, 11) is 0. The Kier molecular flexibility index (Phi) is 5.38. The molecular weight excluding hydrogens is 396 g/mol. The van der Waals surface area contributed by atoms with E-state index in [4.69, 9.17) is 9.47 Å². The normalized spacial score (nSPS) is 15.1. The van der Waals surface area contributed by atoms with Crippen LogP contribution in [-0.2, 0) is 4.74 Å². The summed E-state index contributed by atoms with van der Waals surface area (Å²) in [5.74, 6) is 0.452. The predicted molar refractivity (Wildman–Crippen MR) is 108 cm³/mol. The Morgan fingerprint density at radius 2 is 2.11 bits per heavy atom. The maximum absolute atomic E-state index is 12.9. The molecule has 2 aromatic heterocycles. The van der Waals surface area contributed by atoms with Crippen LogP contribution in [0, 0.1) is 13.8 Å². The van der Waals surface area contributed by atoms with Crippen molar-refractivity contribution in [2.75, 3.05) is 13.2 Å². The summed E-state index contributed by atoms with van der Waals surface area (Å²) in [6.07, 6.45) is 0.0208. The molecule has 1 aliphatic heterocycles. The van der Waals surface area contributed by atoms with Gasteiger partial charge in [-0.2, -0.15) is 0 Å². The van der Waals surface area contributed by atoms with E-state index in [1.54, 1.807) is 17.4 Å². The van der Waals surface area contributed by atoms with Gasteiger partial charge >= 0.3 is 0 Å². The fraction of sp³-hybridized carbons (Fsp3) is 0.368. The molecule has 0 saturated carbocycles. The van der Waals surface area contributed by atoms with Gasteiger partial charge in [0.05, 0.1) is 19.3 Å². The molecule has 1 saturated heterocycles. The number of nitrogens with zero attached hydrogens (tertiary/aromatic N) is 3. The van der Waals surface area contributed by atoms with Gasteiger partial charge in [-0.1, -0.05) is 11.3 Å². The van der Waals surface area contributed by atoms with Crippen LogP contribution in [0.4, 0.5) is 0 Å². The van der Waals surface area contributed by atoms with Gasteiger partial charge in [-0.05, 0) is 39.0 Å². The van der Waals surface area contributed by atoms with Crippen molar-refractivity contribution in [1.82, 2.24) is 20.5 Å². The van der Waals surface area contributed by atoms with Crippen LogP contribution >= 0.6 is 22.7 Å². The zero-order valence-electron chi connectivity index (χ0n) is 15.8. The lowest BCUT2D eigenvalue weighted by Gasteiger charge is -2.27. The van der Waals surface area contributed by atoms with Crippen LogP contribution in [0.1, 0.15) is 39.0 Å². The first-order valence-electron chi connectivity index (χ1n) is 8.91. The SMILES string of the molecule is Cc1csc(-c2cc(OC3COC3)cc(C(=O)N[C@H](C)c3nnc(C)s3)c2)n1. The van der Waals surface area contributed by atoms with Gasteiger partial charge in [0.1, 0.15) is 26.9 Å². The molecule has 0 radical (unpaired) electrons. The van der Waals surface area contributed by atoms with Crippen molar-refractivity contribution in [3.63, 3.8) is 0 Å². The highest BCUT2D eigenvalue weighted by molar-refractivity contribution is 7.13. The molecule has 0 spiro atoms. The molecule has 1 aliphatic rings. The standard InChI is InChI=1S/C19H20N4O3S2/c1-10-9-27-19(20-10)14-4-13(5-15(6-14)26-16-7-25-8-16)17(24)21-11(2)18-23-22-12(3)28-18/h4-6,9,11,16H,7-8H2,1-3H3,(H,21,24)/t11-/m1/s1. The van der Waals surface area contributed by atoms with Gasteiger partial charge in [-0.3, -0.25) is 4.79 Å². The van der Waals surface area contributed by atoms with E-state index in [9.17, 15) is 4.79 Å². The Bertz CT molecular complexity index is 997. The second-order valence-corrected chi connectivity index (χ2v) is 8.74. The van der Waals surface area contributed by atoms with Crippen molar-refractivity contribution in [2.45, 2.75) is 32.9 Å². The van der Waals surface area contributed by atoms with Gasteiger partial charge in [0.25, 0.3) is 5.91 Å². The number of rotatable bonds is 6. The minimum atomic E-state index is -0.228. The van der Waals surface area contributed by atoms with Crippen molar-refractivity contribution in [1.29, 1.82) is 0 Å². The van der Waals surface area contributed by atoms with E-state index in [1.165, 1.54) is 11.3 Å². The monoisotopic (exact) mass is 416 g/mol. The minimum absolute atomic E-state index is 0.0208. The number of aromatic nitrogens is 3. The molecular formula is C19H20N4O3S2. The Labute approximate surface area is 170 Å². The van der Waals surface area contributed by atoms with Crippen molar-refractivity contribution >= 4 is 28.6 Å². The molecule has 3 aromatic rings. The van der Waals surface area contributed by atoms with Gasteiger partial charge in [-0.15, -0.1) is 21.5 Å². The lowest BCUT2D eigenvalue weighted by Crippen LogP contribution is -2.38. The maximum atomic E-state index is 12.9. The molecule has 1 fully saturated rings. The average Bonchev–Trinajstić information content (AvgIpc) is 3.26. The first-order valence-corrected chi connectivity index (χ1v) is 10.6. The van der Waals surface area contributed by atoms with E-state index in [0.717, 1.165) is 26.3 Å². The summed E-state index contributed by atoms with van der Waals surface area (Å²) in [5.41, 5.74) is 2.33. The molecule has 4 rings (SSSR count). The van der Waals surface area contributed by atoms with Crippen LogP contribution < -0.4 is 10.1 Å². The Morgan fingerprint density at radius 1 is 1.29 bits per heavy atom. The largest absolute Gasteiger partial charge is 0.486 e. The van der Waals surface area contributed by atoms with E-state index < -0.39 is 0 Å². The van der Waals surface area contributed by atoms with E-state index in [1.807, 2.05) is 38.3 Å². The molecule has 1 amide bonds. The summed E-state index contributed by atoms with van der Waals surface area (Å²) in [5, 5.41) is 15.6. The third kappa shape index (κ3) is 4.21. The topological polar surface area (TPSA) is 86.2 Å². The predicted octanol–water partition coefficient (Wildman–Crippen LogP) is 3.55. The third-order valence-electron chi connectivity index (χ3n) is 4.20.